The summed E-state index contributed by atoms with van der Waals surface area (Å²) in [6, 6.07) is 6.24. The second-order valence-corrected chi connectivity index (χ2v) is 4.26. The van der Waals surface area contributed by atoms with Crippen molar-refractivity contribution in [2.24, 2.45) is 0 Å². The summed E-state index contributed by atoms with van der Waals surface area (Å²) in [5.41, 5.74) is 0.944. The van der Waals surface area contributed by atoms with E-state index in [1.165, 1.54) is 0 Å². The average Bonchev–Trinajstić information content (AvgIpc) is 2.95. The van der Waals surface area contributed by atoms with Gasteiger partial charge >= 0.3 is 6.43 Å². The summed E-state index contributed by atoms with van der Waals surface area (Å²) >= 11 is 3.99. The minimum atomic E-state index is -2.80. The molecule has 2 aromatic rings. The molecule has 0 aliphatic rings. The van der Waals surface area contributed by atoms with Gasteiger partial charge in [-0.25, -0.2) is 0 Å². The van der Waals surface area contributed by atoms with Gasteiger partial charge in [0.05, 0.1) is 0 Å². The molecule has 20 heavy (non-hydrogen) atoms. The molecule has 106 valence electrons. The summed E-state index contributed by atoms with van der Waals surface area (Å²) in [7, 11) is 0. The number of carbonyl (C=O) groups excluding carboxylic acids is 1. The second kappa shape index (κ2) is 6.47. The predicted molar refractivity (Wildman–Crippen MR) is 70.9 cm³/mol. The highest BCUT2D eigenvalue weighted by Crippen LogP contribution is 2.21. The van der Waals surface area contributed by atoms with Crippen LogP contribution < -0.4 is 5.32 Å². The normalized spacial score (nSPS) is 10.8. The topological polar surface area (TPSA) is 68.0 Å². The molecule has 0 saturated heterocycles. The number of aromatic nitrogens is 2. The van der Waals surface area contributed by atoms with Gasteiger partial charge in [0.15, 0.2) is 0 Å². The lowest BCUT2D eigenvalue weighted by molar-refractivity contribution is 0.0956. The van der Waals surface area contributed by atoms with E-state index in [1.807, 2.05) is 0 Å². The number of carbonyl (C=O) groups is 1. The number of hydrogen-bond donors (Lipinski definition) is 2. The molecule has 0 saturated carbocycles. The number of benzene rings is 1. The second-order valence-electron chi connectivity index (χ2n) is 3.81. The molecule has 1 N–H and O–H groups in total. The molecule has 0 bridgehead atoms. The largest absolute Gasteiger partial charge is 0.351 e. The molecule has 2 rings (SSSR count). The van der Waals surface area contributed by atoms with Gasteiger partial charge in [0.1, 0.15) is 0 Å². The Morgan fingerprint density at radius 1 is 1.35 bits per heavy atom. The molecule has 0 aliphatic heterocycles. The zero-order chi connectivity index (χ0) is 14.5. The fourth-order valence-corrected chi connectivity index (χ4v) is 1.60. The van der Waals surface area contributed by atoms with Crippen LogP contribution in [-0.4, -0.2) is 28.3 Å². The Morgan fingerprint density at radius 2 is 2.05 bits per heavy atom. The standard InChI is InChI=1S/C12H11F2N3O2S/c13-9(14)12-16-10(17-19-12)7-1-3-8(4-2-7)11(18)15-5-6-20/h1-4,9,20H,5-6H2,(H,15,18). The maximum absolute atomic E-state index is 12.3. The Hall–Kier alpha value is -1.96. The molecule has 1 amide bonds. The number of amides is 1. The third-order valence-corrected chi connectivity index (χ3v) is 2.65. The third-order valence-electron chi connectivity index (χ3n) is 2.43. The first-order chi connectivity index (χ1) is 9.61. The number of thiol groups is 1. The molecule has 5 nitrogen and oxygen atoms in total. The predicted octanol–water partition coefficient (Wildman–Crippen LogP) is 2.33. The van der Waals surface area contributed by atoms with E-state index < -0.39 is 12.3 Å². The minimum absolute atomic E-state index is 0.0580. The number of nitrogens with one attached hydrogen (secondary N) is 1. The first-order valence-electron chi connectivity index (χ1n) is 5.73. The molecular weight excluding hydrogens is 288 g/mol. The van der Waals surface area contributed by atoms with Gasteiger partial charge in [-0.15, -0.1) is 0 Å². The monoisotopic (exact) mass is 299 g/mol. The van der Waals surface area contributed by atoms with Gasteiger partial charge < -0.3 is 9.84 Å². The Kier molecular flexibility index (Phi) is 4.67. The van der Waals surface area contributed by atoms with Crippen molar-refractivity contribution in [3.05, 3.63) is 35.7 Å². The highest BCUT2D eigenvalue weighted by Gasteiger charge is 2.17. The summed E-state index contributed by atoms with van der Waals surface area (Å²) in [4.78, 5) is 15.2. The molecule has 0 atom stereocenters. The summed E-state index contributed by atoms with van der Waals surface area (Å²) in [6.07, 6.45) is -2.80. The van der Waals surface area contributed by atoms with E-state index in [0.717, 1.165) is 0 Å². The molecule has 0 unspecified atom stereocenters. The van der Waals surface area contributed by atoms with E-state index in [9.17, 15) is 13.6 Å². The van der Waals surface area contributed by atoms with Crippen molar-refractivity contribution in [3.63, 3.8) is 0 Å². The van der Waals surface area contributed by atoms with Crippen molar-refractivity contribution in [1.29, 1.82) is 0 Å². The van der Waals surface area contributed by atoms with E-state index in [1.54, 1.807) is 24.3 Å². The van der Waals surface area contributed by atoms with Crippen LogP contribution in [0.2, 0.25) is 0 Å². The third kappa shape index (κ3) is 3.32. The lowest BCUT2D eigenvalue weighted by Gasteiger charge is -2.03. The Bertz CT molecular complexity index is 587. The van der Waals surface area contributed by atoms with Gasteiger partial charge in [-0.05, 0) is 12.1 Å². The fraction of sp³-hybridized carbons (Fsp3) is 0.250. The Balaban J connectivity index is 2.12. The number of nitrogens with zero attached hydrogens (tertiary/aromatic N) is 2. The van der Waals surface area contributed by atoms with Crippen LogP contribution in [0.4, 0.5) is 8.78 Å². The van der Waals surface area contributed by atoms with Crippen molar-refractivity contribution >= 4 is 18.5 Å². The van der Waals surface area contributed by atoms with E-state index >= 15 is 0 Å². The number of halogens is 2. The maximum Gasteiger partial charge on any atom is 0.315 e. The Labute approximate surface area is 118 Å². The zero-order valence-electron chi connectivity index (χ0n) is 10.2. The lowest BCUT2D eigenvalue weighted by Crippen LogP contribution is -2.25. The molecule has 0 radical (unpaired) electrons. The van der Waals surface area contributed by atoms with Crippen LogP contribution in [-0.2, 0) is 0 Å². The van der Waals surface area contributed by atoms with Crippen LogP contribution >= 0.6 is 12.6 Å². The average molecular weight is 299 g/mol. The molecule has 1 aromatic carbocycles. The van der Waals surface area contributed by atoms with Gasteiger partial charge in [0.2, 0.25) is 5.82 Å². The first kappa shape index (κ1) is 14.4. The summed E-state index contributed by atoms with van der Waals surface area (Å²) in [6.45, 7) is 0.465. The molecule has 0 aliphatic carbocycles. The van der Waals surface area contributed by atoms with Gasteiger partial charge in [-0.3, -0.25) is 4.79 Å². The highest BCUT2D eigenvalue weighted by molar-refractivity contribution is 7.80. The molecule has 1 aromatic heterocycles. The van der Waals surface area contributed by atoms with Gasteiger partial charge in [-0.2, -0.15) is 26.4 Å². The SMILES string of the molecule is O=C(NCCS)c1ccc(-c2noc(C(F)F)n2)cc1. The van der Waals surface area contributed by atoms with E-state index in [2.05, 4.69) is 32.6 Å². The van der Waals surface area contributed by atoms with Crippen LogP contribution in [0.15, 0.2) is 28.8 Å². The molecular formula is C12H11F2N3O2S. The quantitative estimate of drug-likeness (QED) is 0.832. The van der Waals surface area contributed by atoms with Crippen molar-refractivity contribution in [1.82, 2.24) is 15.5 Å². The maximum atomic E-state index is 12.3. The highest BCUT2D eigenvalue weighted by atomic mass is 32.1. The van der Waals surface area contributed by atoms with E-state index in [4.69, 9.17) is 0 Å². The first-order valence-corrected chi connectivity index (χ1v) is 6.36. The van der Waals surface area contributed by atoms with Crippen molar-refractivity contribution < 1.29 is 18.1 Å². The van der Waals surface area contributed by atoms with Crippen molar-refractivity contribution in [2.75, 3.05) is 12.3 Å². The van der Waals surface area contributed by atoms with Crippen molar-refractivity contribution in [2.45, 2.75) is 6.43 Å². The fourth-order valence-electron chi connectivity index (χ4n) is 1.48. The van der Waals surface area contributed by atoms with Crippen LogP contribution in [0.25, 0.3) is 11.4 Å². The number of rotatable bonds is 5. The Morgan fingerprint density at radius 3 is 2.60 bits per heavy atom. The zero-order valence-corrected chi connectivity index (χ0v) is 11.1. The van der Waals surface area contributed by atoms with Gasteiger partial charge in [0.25, 0.3) is 11.8 Å². The molecule has 8 heteroatoms. The summed E-state index contributed by atoms with van der Waals surface area (Å²) < 4.78 is 29.1. The summed E-state index contributed by atoms with van der Waals surface area (Å²) in [5.74, 6) is -0.353. The number of alkyl halides is 2. The molecule has 1 heterocycles. The van der Waals surface area contributed by atoms with Crippen LogP contribution in [0, 0.1) is 0 Å². The van der Waals surface area contributed by atoms with Crippen LogP contribution in [0.1, 0.15) is 22.7 Å². The van der Waals surface area contributed by atoms with Crippen LogP contribution in [0.3, 0.4) is 0 Å². The van der Waals surface area contributed by atoms with E-state index in [0.29, 0.717) is 23.4 Å². The molecule has 0 fully saturated rings. The van der Waals surface area contributed by atoms with Crippen molar-refractivity contribution in [3.8, 4) is 11.4 Å². The van der Waals surface area contributed by atoms with Crippen LogP contribution in [0.5, 0.6) is 0 Å². The molecule has 0 spiro atoms. The lowest BCUT2D eigenvalue weighted by atomic mass is 10.1. The van der Waals surface area contributed by atoms with E-state index in [-0.39, 0.29) is 11.7 Å². The van der Waals surface area contributed by atoms with Gasteiger partial charge in [-0.1, -0.05) is 17.3 Å². The number of hydrogen-bond acceptors (Lipinski definition) is 5. The smallest absolute Gasteiger partial charge is 0.315 e. The van der Waals surface area contributed by atoms with Gasteiger partial charge in [0, 0.05) is 23.4 Å². The summed E-state index contributed by atoms with van der Waals surface area (Å²) in [5, 5.41) is 6.12. The minimum Gasteiger partial charge on any atom is -0.351 e.